The molecule has 0 bridgehead atoms. The molecule has 0 fully saturated rings. The number of aryl methyl sites for hydroxylation is 2. The molecule has 0 saturated carbocycles. The van der Waals surface area contributed by atoms with Crippen molar-refractivity contribution in [3.63, 3.8) is 0 Å². The van der Waals surface area contributed by atoms with Crippen LogP contribution in [0.5, 0.6) is 28.7 Å². The summed E-state index contributed by atoms with van der Waals surface area (Å²) in [6.45, 7) is 3.97. The minimum atomic E-state index is -0.408. The molecule has 43 heavy (non-hydrogen) atoms. The van der Waals surface area contributed by atoms with Crippen molar-refractivity contribution >= 4 is 34.9 Å². The van der Waals surface area contributed by atoms with Crippen LogP contribution in [-0.2, 0) is 24.9 Å². The number of fused-ring (bicyclic) bond motifs is 1. The van der Waals surface area contributed by atoms with Crippen LogP contribution in [-0.4, -0.2) is 59.6 Å². The van der Waals surface area contributed by atoms with Crippen LogP contribution in [0.4, 0.5) is 5.69 Å². The van der Waals surface area contributed by atoms with E-state index in [1.165, 1.54) is 37.6 Å². The van der Waals surface area contributed by atoms with Crippen molar-refractivity contribution in [2.75, 3.05) is 40.4 Å². The zero-order valence-corrected chi connectivity index (χ0v) is 25.2. The number of ether oxygens (including phenoxy) is 5. The summed E-state index contributed by atoms with van der Waals surface area (Å²) in [7, 11) is 7.71. The van der Waals surface area contributed by atoms with E-state index in [0.717, 1.165) is 5.56 Å². The van der Waals surface area contributed by atoms with Crippen molar-refractivity contribution in [3.8, 4) is 28.7 Å². The van der Waals surface area contributed by atoms with Crippen molar-refractivity contribution in [1.82, 2.24) is 18.7 Å². The van der Waals surface area contributed by atoms with Gasteiger partial charge in [0.1, 0.15) is 5.82 Å². The predicted molar refractivity (Wildman–Crippen MR) is 163 cm³/mol. The highest BCUT2D eigenvalue weighted by Gasteiger charge is 2.18. The Bertz CT molecular complexity index is 1780. The van der Waals surface area contributed by atoms with E-state index in [9.17, 15) is 14.4 Å². The summed E-state index contributed by atoms with van der Waals surface area (Å²) in [5.41, 5.74) is 1.15. The van der Waals surface area contributed by atoms with Gasteiger partial charge in [-0.3, -0.25) is 18.7 Å². The smallest absolute Gasteiger partial charge is 0.332 e. The van der Waals surface area contributed by atoms with Gasteiger partial charge in [-0.1, -0.05) is 12.1 Å². The van der Waals surface area contributed by atoms with Gasteiger partial charge in [-0.25, -0.2) is 9.78 Å². The highest BCUT2D eigenvalue weighted by Crippen LogP contribution is 2.40. The molecule has 1 amide bonds. The number of nitrogens with zero attached hydrogens (tertiary/aromatic N) is 4. The largest absolute Gasteiger partial charge is 0.493 e. The average Bonchev–Trinajstić information content (AvgIpc) is 3.34. The standard InChI is InChI=1S/C30H35N5O8/c1-8-34-28-26(29(37)35(9-2)30(34)38)33(3)24(32-28)13-11-18-10-12-20(21(14-18)39-4)43-17-25(36)31-19-15-22(40-5)27(42-7)23(16-19)41-6/h10-16H,8-9,17H2,1-7H3,(H,31,36)/b13-11+. The Labute approximate surface area is 247 Å². The monoisotopic (exact) mass is 593 g/mol. The van der Waals surface area contributed by atoms with Crippen LogP contribution in [0.2, 0.25) is 0 Å². The molecule has 0 spiro atoms. The molecule has 2 aromatic carbocycles. The van der Waals surface area contributed by atoms with Gasteiger partial charge in [-0.2, -0.15) is 0 Å². The molecule has 2 heterocycles. The second kappa shape index (κ2) is 13.2. The van der Waals surface area contributed by atoms with Gasteiger partial charge < -0.3 is 33.6 Å². The highest BCUT2D eigenvalue weighted by molar-refractivity contribution is 5.92. The van der Waals surface area contributed by atoms with Gasteiger partial charge in [0.05, 0.1) is 28.4 Å². The Morgan fingerprint density at radius 3 is 2.09 bits per heavy atom. The first-order valence-electron chi connectivity index (χ1n) is 13.5. The normalized spacial score (nSPS) is 11.1. The van der Waals surface area contributed by atoms with Crippen LogP contribution in [0.25, 0.3) is 23.3 Å². The van der Waals surface area contributed by atoms with Crippen LogP contribution in [0.3, 0.4) is 0 Å². The summed E-state index contributed by atoms with van der Waals surface area (Å²) >= 11 is 0. The molecule has 228 valence electrons. The fourth-order valence-corrected chi connectivity index (χ4v) is 4.66. The van der Waals surface area contributed by atoms with Gasteiger partial charge >= 0.3 is 5.69 Å². The lowest BCUT2D eigenvalue weighted by atomic mass is 10.2. The van der Waals surface area contributed by atoms with E-state index in [4.69, 9.17) is 23.7 Å². The highest BCUT2D eigenvalue weighted by atomic mass is 16.5. The molecule has 0 saturated heterocycles. The fourth-order valence-electron chi connectivity index (χ4n) is 4.66. The van der Waals surface area contributed by atoms with Crippen molar-refractivity contribution in [2.24, 2.45) is 7.05 Å². The molecule has 0 aliphatic heterocycles. The van der Waals surface area contributed by atoms with Crippen LogP contribution < -0.4 is 40.3 Å². The maximum Gasteiger partial charge on any atom is 0.332 e. The lowest BCUT2D eigenvalue weighted by molar-refractivity contribution is -0.118. The lowest BCUT2D eigenvalue weighted by Gasteiger charge is -2.15. The molecular weight excluding hydrogens is 558 g/mol. The van der Waals surface area contributed by atoms with Crippen LogP contribution in [0.15, 0.2) is 39.9 Å². The van der Waals surface area contributed by atoms with E-state index in [2.05, 4.69) is 10.3 Å². The number of carbonyl (C=O) groups excluding carboxylic acids is 1. The number of methoxy groups -OCH3 is 4. The molecule has 0 unspecified atom stereocenters. The van der Waals surface area contributed by atoms with E-state index in [1.807, 2.05) is 6.92 Å². The van der Waals surface area contributed by atoms with Crippen LogP contribution in [0, 0.1) is 0 Å². The van der Waals surface area contributed by atoms with E-state index in [-0.39, 0.29) is 24.4 Å². The summed E-state index contributed by atoms with van der Waals surface area (Å²) in [6, 6.07) is 8.46. The van der Waals surface area contributed by atoms with Gasteiger partial charge in [0.15, 0.2) is 40.8 Å². The quantitative estimate of drug-likeness (QED) is 0.263. The predicted octanol–water partition coefficient (Wildman–Crippen LogP) is 3.16. The summed E-state index contributed by atoms with van der Waals surface area (Å²) in [5.74, 6) is 2.10. The lowest BCUT2D eigenvalue weighted by Crippen LogP contribution is -2.39. The minimum Gasteiger partial charge on any atom is -0.493 e. The van der Waals surface area contributed by atoms with Gasteiger partial charge in [0.2, 0.25) is 5.75 Å². The van der Waals surface area contributed by atoms with Crippen molar-refractivity contribution < 1.29 is 28.5 Å². The van der Waals surface area contributed by atoms with Gasteiger partial charge in [-0.15, -0.1) is 0 Å². The Balaban J connectivity index is 1.51. The van der Waals surface area contributed by atoms with Crippen molar-refractivity contribution in [3.05, 3.63) is 62.6 Å². The van der Waals surface area contributed by atoms with E-state index >= 15 is 0 Å². The molecule has 1 N–H and O–H groups in total. The first-order chi connectivity index (χ1) is 20.7. The maximum absolute atomic E-state index is 13.0. The molecule has 13 nitrogen and oxygen atoms in total. The summed E-state index contributed by atoms with van der Waals surface area (Å²) < 4.78 is 31.6. The minimum absolute atomic E-state index is 0.269. The molecular formula is C30H35N5O8. The van der Waals surface area contributed by atoms with Gasteiger partial charge in [0.25, 0.3) is 11.5 Å². The second-order valence-corrected chi connectivity index (χ2v) is 9.27. The average molecular weight is 594 g/mol. The molecule has 0 aliphatic carbocycles. The van der Waals surface area contributed by atoms with E-state index < -0.39 is 5.91 Å². The summed E-state index contributed by atoms with van der Waals surface area (Å²) in [4.78, 5) is 42.9. The number of amides is 1. The molecule has 0 aliphatic rings. The van der Waals surface area contributed by atoms with E-state index in [1.54, 1.807) is 61.0 Å². The van der Waals surface area contributed by atoms with Crippen LogP contribution >= 0.6 is 0 Å². The molecule has 13 heteroatoms. The first kappa shape index (κ1) is 30.8. The number of nitrogens with one attached hydrogen (secondary N) is 1. The maximum atomic E-state index is 13.0. The summed E-state index contributed by atoms with van der Waals surface area (Å²) in [5, 5.41) is 2.75. The first-order valence-corrected chi connectivity index (χ1v) is 13.5. The number of benzene rings is 2. The molecule has 2 aromatic heterocycles. The molecule has 4 aromatic rings. The number of hydrogen-bond donors (Lipinski definition) is 1. The number of hydrogen-bond acceptors (Lipinski definition) is 9. The fraction of sp³-hybridized carbons (Fsp3) is 0.333. The third-order valence-corrected chi connectivity index (χ3v) is 6.83. The number of anilines is 1. The third-order valence-electron chi connectivity index (χ3n) is 6.83. The summed E-state index contributed by atoms with van der Waals surface area (Å²) in [6.07, 6.45) is 3.55. The van der Waals surface area contributed by atoms with Gasteiger partial charge in [-0.05, 0) is 37.6 Å². The number of rotatable bonds is 12. The number of aromatic nitrogens is 4. The number of carbonyl (C=O) groups is 1. The van der Waals surface area contributed by atoms with Crippen LogP contribution in [0.1, 0.15) is 25.2 Å². The Kier molecular flexibility index (Phi) is 9.43. The Morgan fingerprint density at radius 2 is 1.51 bits per heavy atom. The molecule has 0 atom stereocenters. The molecule has 4 rings (SSSR count). The zero-order chi connectivity index (χ0) is 31.3. The zero-order valence-electron chi connectivity index (χ0n) is 25.2. The van der Waals surface area contributed by atoms with Gasteiger partial charge in [0, 0.05) is 38.0 Å². The van der Waals surface area contributed by atoms with E-state index in [0.29, 0.717) is 58.0 Å². The topological polar surface area (TPSA) is 137 Å². The second-order valence-electron chi connectivity index (χ2n) is 9.27. The third kappa shape index (κ3) is 6.05. The Hall–Kier alpha value is -5.20. The number of imidazole rings is 1. The molecule has 0 radical (unpaired) electrons. The SMILES string of the molecule is CCn1c(=O)c2c(nc(/C=C/c3ccc(OCC(=O)Nc4cc(OC)c(OC)c(OC)c4)c(OC)c3)n2C)n(CC)c1=O. The Morgan fingerprint density at radius 1 is 0.860 bits per heavy atom. The van der Waals surface area contributed by atoms with Crippen molar-refractivity contribution in [2.45, 2.75) is 26.9 Å². The van der Waals surface area contributed by atoms with Crippen molar-refractivity contribution in [1.29, 1.82) is 0 Å².